The maximum atomic E-state index is 13.0. The number of aliphatic imine (C=N–C) groups is 2. The molecule has 0 aliphatic carbocycles. The Labute approximate surface area is 146 Å². The van der Waals surface area contributed by atoms with Crippen molar-refractivity contribution < 1.29 is 4.39 Å². The highest BCUT2D eigenvalue weighted by Gasteiger charge is 2.11. The number of benzene rings is 2. The predicted molar refractivity (Wildman–Crippen MR) is 98.7 cm³/mol. The van der Waals surface area contributed by atoms with Crippen molar-refractivity contribution in [3.05, 3.63) is 54.3 Å². The summed E-state index contributed by atoms with van der Waals surface area (Å²) in [7, 11) is 0. The Morgan fingerprint density at radius 3 is 2.44 bits per heavy atom. The van der Waals surface area contributed by atoms with Gasteiger partial charge in [-0.25, -0.2) is 14.4 Å². The van der Waals surface area contributed by atoms with Gasteiger partial charge in [-0.3, -0.25) is 5.43 Å². The molecule has 0 amide bonds. The first-order valence-electron chi connectivity index (χ1n) is 8.16. The Hall–Kier alpha value is -2.93. The fraction of sp³-hybridized carbons (Fsp3) is 0.222. The highest BCUT2D eigenvalue weighted by Crippen LogP contribution is 2.24. The lowest BCUT2D eigenvalue weighted by Gasteiger charge is -2.16. The second-order valence-electron chi connectivity index (χ2n) is 5.83. The van der Waals surface area contributed by atoms with E-state index in [2.05, 4.69) is 15.4 Å². The Morgan fingerprint density at radius 1 is 1.00 bits per heavy atom. The van der Waals surface area contributed by atoms with E-state index in [9.17, 15) is 4.39 Å². The average molecular weight is 340 g/mol. The van der Waals surface area contributed by atoms with Crippen LogP contribution in [-0.4, -0.2) is 30.0 Å². The first-order chi connectivity index (χ1) is 12.1. The lowest BCUT2D eigenvalue weighted by Crippen LogP contribution is -2.45. The first kappa shape index (κ1) is 16.9. The normalized spacial score (nSPS) is 16.2. The van der Waals surface area contributed by atoms with E-state index in [0.29, 0.717) is 5.69 Å². The van der Waals surface area contributed by atoms with Crippen molar-refractivity contribution in [3.8, 4) is 11.1 Å². The molecule has 0 unspecified atom stereocenters. The zero-order valence-electron chi connectivity index (χ0n) is 13.8. The molecule has 7 heteroatoms. The summed E-state index contributed by atoms with van der Waals surface area (Å²) in [5.41, 5.74) is 17.2. The number of hydrogen-bond donors (Lipinski definition) is 3. The maximum absolute atomic E-state index is 13.0. The smallest absolute Gasteiger partial charge is 0.223 e. The van der Waals surface area contributed by atoms with Crippen LogP contribution in [0.5, 0.6) is 0 Å². The summed E-state index contributed by atoms with van der Waals surface area (Å²) in [5, 5.41) is 2.00. The Morgan fingerprint density at radius 2 is 1.72 bits per heavy atom. The molecule has 2 aromatic rings. The maximum Gasteiger partial charge on any atom is 0.223 e. The third-order valence-corrected chi connectivity index (χ3v) is 3.88. The average Bonchev–Trinajstić information content (AvgIpc) is 3.08. The lowest BCUT2D eigenvalue weighted by molar-refractivity contribution is 0.294. The summed E-state index contributed by atoms with van der Waals surface area (Å²) >= 11 is 0. The largest absolute Gasteiger partial charge is 0.368 e. The van der Waals surface area contributed by atoms with Crippen LogP contribution >= 0.6 is 0 Å². The van der Waals surface area contributed by atoms with Crippen LogP contribution in [0.4, 0.5) is 10.1 Å². The van der Waals surface area contributed by atoms with Gasteiger partial charge in [0.05, 0.1) is 5.69 Å². The molecule has 0 bridgehead atoms. The predicted octanol–water partition coefficient (Wildman–Crippen LogP) is 2.35. The van der Waals surface area contributed by atoms with E-state index < -0.39 is 0 Å². The van der Waals surface area contributed by atoms with Gasteiger partial charge in [0.2, 0.25) is 11.9 Å². The van der Waals surface area contributed by atoms with Crippen LogP contribution in [0.3, 0.4) is 0 Å². The summed E-state index contributed by atoms with van der Waals surface area (Å²) in [6, 6.07) is 13.8. The molecule has 0 spiro atoms. The summed E-state index contributed by atoms with van der Waals surface area (Å²) in [6.07, 6.45) is 2.28. The van der Waals surface area contributed by atoms with Crippen molar-refractivity contribution in [1.82, 2.24) is 10.4 Å². The van der Waals surface area contributed by atoms with Gasteiger partial charge in [-0.1, -0.05) is 24.3 Å². The van der Waals surface area contributed by atoms with Gasteiger partial charge in [0, 0.05) is 13.1 Å². The zero-order valence-corrected chi connectivity index (χ0v) is 13.8. The van der Waals surface area contributed by atoms with Gasteiger partial charge in [-0.2, -0.15) is 4.99 Å². The van der Waals surface area contributed by atoms with Gasteiger partial charge in [-0.05, 0) is 48.2 Å². The molecule has 0 saturated carbocycles. The number of nitrogens with one attached hydrogen (secondary N) is 1. The van der Waals surface area contributed by atoms with Gasteiger partial charge in [0.25, 0.3) is 0 Å². The lowest BCUT2D eigenvalue weighted by atomic mass is 10.1. The third-order valence-electron chi connectivity index (χ3n) is 3.88. The van der Waals surface area contributed by atoms with E-state index in [1.54, 1.807) is 12.1 Å². The molecular weight excluding hydrogens is 319 g/mol. The van der Waals surface area contributed by atoms with Crippen molar-refractivity contribution in [1.29, 1.82) is 0 Å². The molecule has 1 saturated heterocycles. The molecule has 3 rings (SSSR count). The van der Waals surface area contributed by atoms with E-state index in [0.717, 1.165) is 37.1 Å². The zero-order chi connectivity index (χ0) is 17.6. The third kappa shape index (κ3) is 4.77. The summed E-state index contributed by atoms with van der Waals surface area (Å²) < 4.78 is 13.0. The van der Waals surface area contributed by atoms with Gasteiger partial charge in [0.1, 0.15) is 5.82 Å². The molecule has 0 aromatic heterocycles. The molecule has 1 fully saturated rings. The second kappa shape index (κ2) is 7.76. The highest BCUT2D eigenvalue weighted by atomic mass is 19.1. The topological polar surface area (TPSA) is 92.0 Å². The van der Waals surface area contributed by atoms with Crippen molar-refractivity contribution >= 4 is 17.6 Å². The number of rotatable bonds is 3. The number of guanidine groups is 2. The van der Waals surface area contributed by atoms with Crippen LogP contribution in [0, 0.1) is 5.82 Å². The minimum atomic E-state index is -0.266. The van der Waals surface area contributed by atoms with Gasteiger partial charge in [-0.15, -0.1) is 0 Å². The first-order valence-corrected chi connectivity index (χ1v) is 8.16. The monoisotopic (exact) mass is 340 g/mol. The van der Waals surface area contributed by atoms with E-state index >= 15 is 0 Å². The molecule has 6 nitrogen and oxygen atoms in total. The van der Waals surface area contributed by atoms with Crippen molar-refractivity contribution in [3.63, 3.8) is 0 Å². The van der Waals surface area contributed by atoms with Crippen LogP contribution in [0.15, 0.2) is 58.5 Å². The van der Waals surface area contributed by atoms with Crippen LogP contribution in [-0.2, 0) is 0 Å². The molecule has 2 aromatic carbocycles. The molecule has 130 valence electrons. The summed E-state index contributed by atoms with van der Waals surface area (Å²) in [6.45, 7) is 1.87. The molecule has 1 aliphatic heterocycles. The molecule has 0 radical (unpaired) electrons. The summed E-state index contributed by atoms with van der Waals surface area (Å²) in [5.74, 6) is 0.0239. The number of halogens is 1. The SMILES string of the molecule is NC(=Nc1cccc(-c2ccc(F)cc2)c1)N=C(N)NN1CCCC1. The second-order valence-corrected chi connectivity index (χ2v) is 5.83. The van der Waals surface area contributed by atoms with Crippen molar-refractivity contribution in [2.24, 2.45) is 21.5 Å². The van der Waals surface area contributed by atoms with E-state index in [1.807, 2.05) is 29.3 Å². The van der Waals surface area contributed by atoms with Crippen LogP contribution < -0.4 is 16.9 Å². The van der Waals surface area contributed by atoms with Crippen LogP contribution in [0.2, 0.25) is 0 Å². The number of hydrogen-bond acceptors (Lipinski definition) is 2. The van der Waals surface area contributed by atoms with Crippen LogP contribution in [0.25, 0.3) is 11.1 Å². The molecule has 1 heterocycles. The molecule has 5 N–H and O–H groups in total. The molecule has 0 atom stereocenters. The standard InChI is InChI=1S/C18H21FN6/c19-15-8-6-13(7-9-15)14-4-3-5-16(12-14)22-17(20)23-18(21)24-25-10-1-2-11-25/h3-9,12H,1-2,10-11H2,(H5,20,21,22,23,24). The van der Waals surface area contributed by atoms with E-state index in [1.165, 1.54) is 12.1 Å². The van der Waals surface area contributed by atoms with Crippen molar-refractivity contribution in [2.75, 3.05) is 13.1 Å². The number of nitrogens with two attached hydrogens (primary N) is 2. The van der Waals surface area contributed by atoms with Gasteiger partial charge in [0.15, 0.2) is 0 Å². The fourth-order valence-corrected chi connectivity index (χ4v) is 2.69. The summed E-state index contributed by atoms with van der Waals surface area (Å²) in [4.78, 5) is 8.34. The Kier molecular flexibility index (Phi) is 5.25. The van der Waals surface area contributed by atoms with E-state index in [4.69, 9.17) is 11.5 Å². The minimum Gasteiger partial charge on any atom is -0.368 e. The molecule has 25 heavy (non-hydrogen) atoms. The van der Waals surface area contributed by atoms with Crippen molar-refractivity contribution in [2.45, 2.75) is 12.8 Å². The Balaban J connectivity index is 1.73. The van der Waals surface area contributed by atoms with Crippen LogP contribution in [0.1, 0.15) is 12.8 Å². The minimum absolute atomic E-state index is 0.0699. The van der Waals surface area contributed by atoms with Gasteiger partial charge < -0.3 is 11.5 Å². The molecular formula is C18H21FN6. The fourth-order valence-electron chi connectivity index (χ4n) is 2.69. The Bertz CT molecular complexity index is 778. The number of nitrogens with zero attached hydrogens (tertiary/aromatic N) is 3. The highest BCUT2D eigenvalue weighted by molar-refractivity contribution is 5.94. The quantitative estimate of drug-likeness (QED) is 0.591. The van der Waals surface area contributed by atoms with E-state index in [-0.39, 0.29) is 17.7 Å². The number of hydrazine groups is 1. The molecule has 1 aliphatic rings. The van der Waals surface area contributed by atoms with Gasteiger partial charge >= 0.3 is 0 Å².